The molecule has 4 N–H and O–H groups in total. The number of halogens is 3. The van der Waals surface area contributed by atoms with Crippen LogP contribution < -0.4 is 15.5 Å². The molecule has 1 fully saturated rings. The molecule has 1 aliphatic heterocycles. The van der Waals surface area contributed by atoms with Crippen LogP contribution in [0.2, 0.25) is 0 Å². The largest absolute Gasteiger partial charge is 0.416 e. The lowest BCUT2D eigenvalue weighted by atomic mass is 9.95. The van der Waals surface area contributed by atoms with Crippen molar-refractivity contribution in [2.75, 3.05) is 11.9 Å². The summed E-state index contributed by atoms with van der Waals surface area (Å²) >= 11 is 0. The number of hydrogen-bond acceptors (Lipinski definition) is 6. The number of aliphatic hydroxyl groups excluding tert-OH is 1. The van der Waals surface area contributed by atoms with E-state index in [1.807, 2.05) is 0 Å². The Bertz CT molecular complexity index is 1500. The second-order valence-electron chi connectivity index (χ2n) is 10.4. The van der Waals surface area contributed by atoms with Crippen LogP contribution in [-0.4, -0.2) is 63.4 Å². The fourth-order valence-corrected chi connectivity index (χ4v) is 5.33. The van der Waals surface area contributed by atoms with Gasteiger partial charge in [0.15, 0.2) is 0 Å². The Morgan fingerprint density at radius 1 is 1.14 bits per heavy atom. The van der Waals surface area contributed by atoms with E-state index in [1.54, 1.807) is 30.5 Å². The fraction of sp³-hybridized carbons (Fsp3) is 0.345. The highest BCUT2D eigenvalue weighted by molar-refractivity contribution is 6.20. The second-order valence-corrected chi connectivity index (χ2v) is 10.4. The summed E-state index contributed by atoms with van der Waals surface area (Å²) in [6, 6.07) is 11.2. The highest BCUT2D eigenvalue weighted by Gasteiger charge is 2.45. The number of carbonyl (C=O) groups is 3. The lowest BCUT2D eigenvalue weighted by Crippen LogP contribution is -2.61. The maximum atomic E-state index is 13.8. The fourth-order valence-electron chi connectivity index (χ4n) is 5.33. The molecule has 3 aromatic rings. The molecule has 3 amide bonds. The highest BCUT2D eigenvalue weighted by atomic mass is 19.4. The number of benzodiazepines with no additional fused rings is 1. The van der Waals surface area contributed by atoms with Crippen molar-refractivity contribution in [3.05, 3.63) is 83.4 Å². The number of para-hydroxylation sites is 1. The standard InChI is InChI=1S/C29H29F3N6O4/c1-38-21-7-3-2-6-20(21)23(17-8-10-18(11-9-17)29(30,31)32)35-24(26(38)41)36-27(42)28(12-4-5-13-28)37-25(40)22(39)14-19-15-33-16-34-19/h2-3,6-11,15-16,22,24,39H,4-5,12-14H2,1H3,(H,33,34)(H,36,42)(H,37,40)/t22-,24?/m1/s1. The van der Waals surface area contributed by atoms with Crippen LogP contribution in [0.5, 0.6) is 0 Å². The molecule has 1 aliphatic carbocycles. The number of H-pyrrole nitrogens is 1. The van der Waals surface area contributed by atoms with Gasteiger partial charge >= 0.3 is 6.18 Å². The Hall–Kier alpha value is -4.52. The molecule has 0 spiro atoms. The monoisotopic (exact) mass is 582 g/mol. The van der Waals surface area contributed by atoms with Crippen LogP contribution in [0, 0.1) is 0 Å². The number of imidazole rings is 1. The number of fused-ring (bicyclic) bond motifs is 1. The topological polar surface area (TPSA) is 140 Å². The van der Waals surface area contributed by atoms with Crippen LogP contribution >= 0.6 is 0 Å². The number of amides is 3. The summed E-state index contributed by atoms with van der Waals surface area (Å²) in [7, 11) is 1.52. The molecule has 220 valence electrons. The zero-order chi connectivity index (χ0) is 30.1. The lowest BCUT2D eigenvalue weighted by Gasteiger charge is -2.31. The van der Waals surface area contributed by atoms with Gasteiger partial charge in [0.2, 0.25) is 18.0 Å². The first kappa shape index (κ1) is 29.0. The maximum Gasteiger partial charge on any atom is 0.416 e. The van der Waals surface area contributed by atoms with Gasteiger partial charge < -0.3 is 25.6 Å². The third-order valence-corrected chi connectivity index (χ3v) is 7.61. The van der Waals surface area contributed by atoms with Crippen molar-refractivity contribution in [2.24, 2.45) is 4.99 Å². The smallest absolute Gasteiger partial charge is 0.383 e. The van der Waals surface area contributed by atoms with Crippen LogP contribution in [-0.2, 0) is 27.0 Å². The van der Waals surface area contributed by atoms with Crippen LogP contribution in [0.1, 0.15) is 48.1 Å². The van der Waals surface area contributed by atoms with E-state index in [0.717, 1.165) is 12.1 Å². The van der Waals surface area contributed by atoms with Gasteiger partial charge in [0, 0.05) is 30.8 Å². The molecule has 0 saturated heterocycles. The SMILES string of the molecule is CN1C(=O)C(NC(=O)C2(NC(=O)[C@H](O)Cc3c[nH]cn3)CCCC2)N=C(c2ccc(C(F)(F)F)cc2)c2ccccc21. The number of nitrogens with one attached hydrogen (secondary N) is 3. The van der Waals surface area contributed by atoms with Gasteiger partial charge in [-0.15, -0.1) is 0 Å². The van der Waals surface area contributed by atoms with Gasteiger partial charge in [-0.25, -0.2) is 9.98 Å². The highest BCUT2D eigenvalue weighted by Crippen LogP contribution is 2.33. The van der Waals surface area contributed by atoms with Crippen molar-refractivity contribution in [1.82, 2.24) is 20.6 Å². The Kier molecular flexibility index (Phi) is 7.87. The molecule has 2 aromatic carbocycles. The molecule has 0 bridgehead atoms. The number of hydrogen-bond donors (Lipinski definition) is 4. The first-order valence-electron chi connectivity index (χ1n) is 13.4. The molecule has 1 aromatic heterocycles. The van der Waals surface area contributed by atoms with Crippen LogP contribution in [0.4, 0.5) is 18.9 Å². The first-order valence-corrected chi connectivity index (χ1v) is 13.4. The summed E-state index contributed by atoms with van der Waals surface area (Å²) in [5.41, 5.74) is -0.242. The summed E-state index contributed by atoms with van der Waals surface area (Å²) in [5.74, 6) is -1.97. The number of nitrogens with zero attached hydrogens (tertiary/aromatic N) is 3. The third-order valence-electron chi connectivity index (χ3n) is 7.61. The number of aliphatic imine (C=N–C) groups is 1. The van der Waals surface area contributed by atoms with E-state index >= 15 is 0 Å². The van der Waals surface area contributed by atoms with Crippen LogP contribution in [0.3, 0.4) is 0 Å². The quantitative estimate of drug-likeness (QED) is 0.339. The molecule has 1 saturated carbocycles. The van der Waals surface area contributed by atoms with Crippen LogP contribution in [0.15, 0.2) is 66.0 Å². The van der Waals surface area contributed by atoms with E-state index in [0.29, 0.717) is 35.3 Å². The van der Waals surface area contributed by atoms with Crippen molar-refractivity contribution in [1.29, 1.82) is 0 Å². The van der Waals surface area contributed by atoms with E-state index in [2.05, 4.69) is 25.6 Å². The molecule has 1 unspecified atom stereocenters. The van der Waals surface area contributed by atoms with Gasteiger partial charge in [0.1, 0.15) is 11.6 Å². The number of likely N-dealkylation sites (N-methyl/N-ethyl adjacent to an activating group) is 1. The average molecular weight is 583 g/mol. The number of carbonyl (C=O) groups excluding carboxylic acids is 3. The van der Waals surface area contributed by atoms with Gasteiger partial charge in [-0.3, -0.25) is 14.4 Å². The average Bonchev–Trinajstić information content (AvgIpc) is 3.65. The molecule has 2 atom stereocenters. The summed E-state index contributed by atoms with van der Waals surface area (Å²) in [5, 5.41) is 15.8. The van der Waals surface area contributed by atoms with Gasteiger partial charge in [-0.1, -0.05) is 43.2 Å². The second kappa shape index (κ2) is 11.4. The van der Waals surface area contributed by atoms with Gasteiger partial charge in [-0.2, -0.15) is 13.2 Å². The van der Waals surface area contributed by atoms with Crippen molar-refractivity contribution < 1.29 is 32.7 Å². The molecular formula is C29H29F3N6O4. The van der Waals surface area contributed by atoms with Gasteiger partial charge in [0.05, 0.1) is 29.0 Å². The van der Waals surface area contributed by atoms with E-state index in [1.165, 1.54) is 30.4 Å². The summed E-state index contributed by atoms with van der Waals surface area (Å²) in [6.07, 6.45) is -2.67. The first-order chi connectivity index (χ1) is 20.0. The molecule has 42 heavy (non-hydrogen) atoms. The number of aromatic nitrogens is 2. The van der Waals surface area contributed by atoms with Gasteiger partial charge in [-0.05, 0) is 31.0 Å². The minimum absolute atomic E-state index is 0.0576. The van der Waals surface area contributed by atoms with Crippen molar-refractivity contribution >= 4 is 29.1 Å². The third kappa shape index (κ3) is 5.77. The van der Waals surface area contributed by atoms with E-state index in [-0.39, 0.29) is 25.0 Å². The van der Waals surface area contributed by atoms with E-state index in [4.69, 9.17) is 0 Å². The Balaban J connectivity index is 1.44. The maximum absolute atomic E-state index is 13.8. The number of benzene rings is 2. The predicted molar refractivity (Wildman–Crippen MR) is 147 cm³/mol. The van der Waals surface area contributed by atoms with Gasteiger partial charge in [0.25, 0.3) is 5.91 Å². The molecule has 13 heteroatoms. The van der Waals surface area contributed by atoms with Crippen molar-refractivity contribution in [3.63, 3.8) is 0 Å². The molecule has 0 radical (unpaired) electrons. The Labute approximate surface area is 239 Å². The Morgan fingerprint density at radius 3 is 2.48 bits per heavy atom. The number of aliphatic hydroxyl groups is 1. The zero-order valence-electron chi connectivity index (χ0n) is 22.6. The lowest BCUT2D eigenvalue weighted by molar-refractivity contribution is -0.138. The number of rotatable bonds is 7. The normalized spacial score (nSPS) is 19.0. The zero-order valence-corrected chi connectivity index (χ0v) is 22.6. The van der Waals surface area contributed by atoms with Crippen molar-refractivity contribution in [2.45, 2.75) is 56.1 Å². The van der Waals surface area contributed by atoms with Crippen LogP contribution in [0.25, 0.3) is 0 Å². The molecule has 5 rings (SSSR count). The minimum atomic E-state index is -4.53. The summed E-state index contributed by atoms with van der Waals surface area (Å²) < 4.78 is 39.6. The minimum Gasteiger partial charge on any atom is -0.383 e. The molecular weight excluding hydrogens is 553 g/mol. The molecule has 10 nitrogen and oxygen atoms in total. The van der Waals surface area contributed by atoms with Crippen molar-refractivity contribution in [3.8, 4) is 0 Å². The Morgan fingerprint density at radius 2 is 1.83 bits per heavy atom. The summed E-state index contributed by atoms with van der Waals surface area (Å²) in [4.78, 5) is 52.9. The summed E-state index contributed by atoms with van der Waals surface area (Å²) in [6.45, 7) is 0. The number of aromatic amines is 1. The predicted octanol–water partition coefficient (Wildman–Crippen LogP) is 2.72. The molecule has 2 aliphatic rings. The van der Waals surface area contributed by atoms with E-state index < -0.39 is 47.3 Å². The van der Waals surface area contributed by atoms with E-state index in [9.17, 15) is 32.7 Å². The number of alkyl halides is 3. The molecule has 2 heterocycles. The number of anilines is 1.